The van der Waals surface area contributed by atoms with Crippen molar-refractivity contribution in [3.63, 3.8) is 0 Å². The Kier molecular flexibility index (Phi) is 2.32. The van der Waals surface area contributed by atoms with Gasteiger partial charge in [0.05, 0.1) is 0 Å². The van der Waals surface area contributed by atoms with Gasteiger partial charge < -0.3 is 14.9 Å². The molecule has 0 amide bonds. The molecule has 1 saturated heterocycles. The molecule has 1 heterocycles. The van der Waals surface area contributed by atoms with Gasteiger partial charge in [0.15, 0.2) is 0 Å². The minimum absolute atomic E-state index is 0.0337. The predicted molar refractivity (Wildman–Crippen MR) is 37.4 cm³/mol. The fraction of sp³-hybridized carbons (Fsp3) is 0.714. The number of carboxylic acid groups (broad SMARTS) is 1. The summed E-state index contributed by atoms with van der Waals surface area (Å²) in [5.41, 5.74) is -1.47. The number of hydrogen-bond acceptors (Lipinski definition) is 4. The van der Waals surface area contributed by atoms with Gasteiger partial charge in [0, 0.05) is 25.9 Å². The lowest BCUT2D eigenvalue weighted by Gasteiger charge is -2.20. The van der Waals surface area contributed by atoms with Gasteiger partial charge >= 0.3 is 11.9 Å². The zero-order valence-electron chi connectivity index (χ0n) is 6.45. The molecule has 0 saturated carbocycles. The molecule has 0 aromatic rings. The van der Waals surface area contributed by atoms with E-state index in [0.717, 1.165) is 0 Å². The Labute approximate surface area is 68.9 Å². The number of hydrogen-bond donors (Lipinski definition) is 2. The first-order chi connectivity index (χ1) is 5.60. The molecule has 0 radical (unpaired) electrons. The van der Waals surface area contributed by atoms with Gasteiger partial charge in [-0.3, -0.25) is 4.79 Å². The number of rotatable bonds is 3. The fourth-order valence-electron chi connectivity index (χ4n) is 1.24. The van der Waals surface area contributed by atoms with E-state index in [4.69, 9.17) is 10.2 Å². The third-order valence-corrected chi connectivity index (χ3v) is 1.95. The number of ether oxygens (including phenoxy) is 1. The standard InChI is InChI=1S/C7H10O5/c8-4-3-7(6(10)11)2-1-5(9)12-7/h8H,1-4H2,(H,10,11)/t7-/m1/s1. The molecule has 5 heteroatoms. The fourth-order valence-corrected chi connectivity index (χ4v) is 1.24. The number of carbonyl (C=O) groups excluding carboxylic acids is 1. The van der Waals surface area contributed by atoms with Gasteiger partial charge in [-0.05, 0) is 0 Å². The second-order valence-corrected chi connectivity index (χ2v) is 2.75. The molecule has 1 fully saturated rings. The summed E-state index contributed by atoms with van der Waals surface area (Å²) in [6, 6.07) is 0. The molecule has 0 aromatic carbocycles. The molecule has 0 aromatic heterocycles. The molecule has 0 aliphatic carbocycles. The van der Waals surface area contributed by atoms with Crippen LogP contribution in [0.3, 0.4) is 0 Å². The molecule has 12 heavy (non-hydrogen) atoms. The topological polar surface area (TPSA) is 83.8 Å². The largest absolute Gasteiger partial charge is 0.478 e. The molecule has 1 rings (SSSR count). The lowest BCUT2D eigenvalue weighted by atomic mass is 9.97. The van der Waals surface area contributed by atoms with Crippen LogP contribution in [0.15, 0.2) is 0 Å². The maximum absolute atomic E-state index is 10.7. The minimum Gasteiger partial charge on any atom is -0.478 e. The Balaban J connectivity index is 2.74. The van der Waals surface area contributed by atoms with Crippen molar-refractivity contribution in [3.8, 4) is 0 Å². The van der Waals surface area contributed by atoms with Gasteiger partial charge in [0.2, 0.25) is 5.60 Å². The van der Waals surface area contributed by atoms with Crippen LogP contribution >= 0.6 is 0 Å². The predicted octanol–water partition coefficient (Wildman–Crippen LogP) is -0.471. The number of esters is 1. The average Bonchev–Trinajstić information content (AvgIpc) is 2.34. The first-order valence-corrected chi connectivity index (χ1v) is 3.67. The van der Waals surface area contributed by atoms with E-state index in [9.17, 15) is 9.59 Å². The lowest BCUT2D eigenvalue weighted by Crippen LogP contribution is -2.39. The molecule has 1 aliphatic rings. The van der Waals surface area contributed by atoms with E-state index in [2.05, 4.69) is 4.74 Å². The Bertz CT molecular complexity index is 212. The van der Waals surface area contributed by atoms with Crippen molar-refractivity contribution in [2.24, 2.45) is 0 Å². The van der Waals surface area contributed by atoms with E-state index in [1.807, 2.05) is 0 Å². The Hall–Kier alpha value is -1.10. The number of cyclic esters (lactones) is 1. The van der Waals surface area contributed by atoms with E-state index in [0.29, 0.717) is 0 Å². The SMILES string of the molecule is O=C1CC[C@@](CCO)(C(=O)O)O1. The van der Waals surface area contributed by atoms with E-state index in [1.54, 1.807) is 0 Å². The Morgan fingerprint density at radius 2 is 2.33 bits per heavy atom. The molecule has 0 bridgehead atoms. The van der Waals surface area contributed by atoms with Crippen molar-refractivity contribution in [2.75, 3.05) is 6.61 Å². The van der Waals surface area contributed by atoms with Crippen LogP contribution in [0.25, 0.3) is 0 Å². The van der Waals surface area contributed by atoms with Gasteiger partial charge in [0.25, 0.3) is 0 Å². The van der Waals surface area contributed by atoms with Crippen molar-refractivity contribution < 1.29 is 24.5 Å². The highest BCUT2D eigenvalue weighted by Gasteiger charge is 2.46. The van der Waals surface area contributed by atoms with E-state index < -0.39 is 17.5 Å². The second-order valence-electron chi connectivity index (χ2n) is 2.75. The number of carboxylic acids is 1. The maximum atomic E-state index is 10.7. The first-order valence-electron chi connectivity index (χ1n) is 3.67. The summed E-state index contributed by atoms with van der Waals surface area (Å²) in [6.07, 6.45) is 0.238. The molecule has 0 spiro atoms. The maximum Gasteiger partial charge on any atom is 0.348 e. The van der Waals surface area contributed by atoms with Gasteiger partial charge in [-0.2, -0.15) is 0 Å². The van der Waals surface area contributed by atoms with Gasteiger partial charge in [0.1, 0.15) is 0 Å². The monoisotopic (exact) mass is 174 g/mol. The molecule has 0 unspecified atom stereocenters. The van der Waals surface area contributed by atoms with Crippen LogP contribution in [-0.2, 0) is 14.3 Å². The van der Waals surface area contributed by atoms with Crippen LogP contribution in [0.5, 0.6) is 0 Å². The normalized spacial score (nSPS) is 28.6. The van der Waals surface area contributed by atoms with Gasteiger partial charge in [-0.1, -0.05) is 0 Å². The summed E-state index contributed by atoms with van der Waals surface area (Å²) in [6.45, 7) is -0.292. The number of carbonyl (C=O) groups is 2. The van der Waals surface area contributed by atoms with Crippen LogP contribution in [0.4, 0.5) is 0 Å². The number of aliphatic hydroxyl groups excluding tert-OH is 1. The third kappa shape index (κ3) is 1.40. The Morgan fingerprint density at radius 3 is 2.67 bits per heavy atom. The van der Waals surface area contributed by atoms with Crippen LogP contribution in [-0.4, -0.2) is 34.4 Å². The van der Waals surface area contributed by atoms with Crippen LogP contribution in [0.2, 0.25) is 0 Å². The molecular formula is C7H10O5. The van der Waals surface area contributed by atoms with Gasteiger partial charge in [-0.15, -0.1) is 0 Å². The summed E-state index contributed by atoms with van der Waals surface area (Å²) in [7, 11) is 0. The Morgan fingerprint density at radius 1 is 1.67 bits per heavy atom. The van der Waals surface area contributed by atoms with Crippen molar-refractivity contribution >= 4 is 11.9 Å². The van der Waals surface area contributed by atoms with Crippen molar-refractivity contribution in [1.82, 2.24) is 0 Å². The third-order valence-electron chi connectivity index (χ3n) is 1.95. The van der Waals surface area contributed by atoms with E-state index in [1.165, 1.54) is 0 Å². The van der Waals surface area contributed by atoms with Crippen molar-refractivity contribution in [2.45, 2.75) is 24.9 Å². The number of aliphatic carboxylic acids is 1. The van der Waals surface area contributed by atoms with Crippen LogP contribution in [0.1, 0.15) is 19.3 Å². The zero-order chi connectivity index (χ0) is 9.19. The smallest absolute Gasteiger partial charge is 0.348 e. The summed E-state index contributed by atoms with van der Waals surface area (Å²) in [4.78, 5) is 21.3. The highest BCUT2D eigenvalue weighted by molar-refractivity contribution is 5.85. The summed E-state index contributed by atoms with van der Waals surface area (Å²) in [5.74, 6) is -1.69. The molecule has 2 N–H and O–H groups in total. The van der Waals surface area contributed by atoms with Crippen LogP contribution in [0, 0.1) is 0 Å². The molecule has 1 aliphatic heterocycles. The quantitative estimate of drug-likeness (QED) is 0.565. The molecule has 5 nitrogen and oxygen atoms in total. The van der Waals surface area contributed by atoms with Gasteiger partial charge in [-0.25, -0.2) is 4.79 Å². The molecular weight excluding hydrogens is 164 g/mol. The highest BCUT2D eigenvalue weighted by atomic mass is 16.6. The minimum atomic E-state index is -1.47. The zero-order valence-corrected chi connectivity index (χ0v) is 6.45. The van der Waals surface area contributed by atoms with E-state index in [-0.39, 0.29) is 25.9 Å². The van der Waals surface area contributed by atoms with Crippen LogP contribution < -0.4 is 0 Å². The summed E-state index contributed by atoms with van der Waals surface area (Å²) in [5, 5.41) is 17.3. The summed E-state index contributed by atoms with van der Waals surface area (Å²) >= 11 is 0. The van der Waals surface area contributed by atoms with Crippen molar-refractivity contribution in [1.29, 1.82) is 0 Å². The summed E-state index contributed by atoms with van der Waals surface area (Å²) < 4.78 is 4.65. The second kappa shape index (κ2) is 3.10. The van der Waals surface area contributed by atoms with Crippen molar-refractivity contribution in [3.05, 3.63) is 0 Å². The average molecular weight is 174 g/mol. The molecule has 1 atom stereocenters. The van der Waals surface area contributed by atoms with E-state index >= 15 is 0 Å². The molecule has 68 valence electrons. The number of aliphatic hydroxyl groups is 1. The first kappa shape index (κ1) is 8.99. The lowest BCUT2D eigenvalue weighted by molar-refractivity contribution is -0.171. The highest BCUT2D eigenvalue weighted by Crippen LogP contribution is 2.29.